The smallest absolute Gasteiger partial charge is 0.335 e. The SMILES string of the molecule is C=C(C)C(=O)OC(C)OC.C=CC(=O)O.C=CC(=O)O. The number of rotatable bonds is 5. The second-order valence-corrected chi connectivity index (χ2v) is 3.07. The molecule has 7 nitrogen and oxygen atoms in total. The van der Waals surface area contributed by atoms with Gasteiger partial charge in [-0.15, -0.1) is 0 Å². The number of hydrogen-bond acceptors (Lipinski definition) is 5. The van der Waals surface area contributed by atoms with Gasteiger partial charge < -0.3 is 19.7 Å². The molecule has 0 aliphatic carbocycles. The maximum absolute atomic E-state index is 10.7. The number of hydrogen-bond donors (Lipinski definition) is 2. The van der Waals surface area contributed by atoms with Crippen molar-refractivity contribution in [2.75, 3.05) is 7.11 Å². The first-order valence-corrected chi connectivity index (χ1v) is 5.22. The summed E-state index contributed by atoms with van der Waals surface area (Å²) in [4.78, 5) is 29.2. The molecule has 0 heterocycles. The lowest BCUT2D eigenvalue weighted by Crippen LogP contribution is -2.16. The van der Waals surface area contributed by atoms with Crippen LogP contribution in [0.25, 0.3) is 0 Å². The van der Waals surface area contributed by atoms with Gasteiger partial charge in [0.15, 0.2) is 6.29 Å². The maximum Gasteiger partial charge on any atom is 0.335 e. The molecule has 0 aromatic rings. The Labute approximate surface area is 117 Å². The van der Waals surface area contributed by atoms with Crippen molar-refractivity contribution >= 4 is 17.9 Å². The van der Waals surface area contributed by atoms with Gasteiger partial charge in [-0.25, -0.2) is 14.4 Å². The molecular weight excluding hydrogens is 268 g/mol. The van der Waals surface area contributed by atoms with Crippen LogP contribution in [0, 0.1) is 0 Å². The molecule has 0 aromatic heterocycles. The monoisotopic (exact) mass is 288 g/mol. The number of carbonyl (C=O) groups excluding carboxylic acids is 1. The van der Waals surface area contributed by atoms with Gasteiger partial charge in [-0.2, -0.15) is 0 Å². The van der Waals surface area contributed by atoms with E-state index >= 15 is 0 Å². The Kier molecular flexibility index (Phi) is 16.7. The van der Waals surface area contributed by atoms with Crippen LogP contribution in [-0.2, 0) is 23.9 Å². The van der Waals surface area contributed by atoms with Crippen LogP contribution in [0.5, 0.6) is 0 Å². The minimum Gasteiger partial charge on any atom is -0.478 e. The zero-order valence-electron chi connectivity index (χ0n) is 11.8. The molecule has 0 spiro atoms. The summed E-state index contributed by atoms with van der Waals surface area (Å²) in [5.74, 6) is -2.38. The molecule has 0 saturated heterocycles. The van der Waals surface area contributed by atoms with E-state index in [4.69, 9.17) is 14.9 Å². The van der Waals surface area contributed by atoms with Crippen LogP contribution >= 0.6 is 0 Å². The van der Waals surface area contributed by atoms with Gasteiger partial charge >= 0.3 is 17.9 Å². The summed E-state index contributed by atoms with van der Waals surface area (Å²) in [5.41, 5.74) is 0.379. The average Bonchev–Trinajstić information content (AvgIpc) is 2.39. The summed E-state index contributed by atoms with van der Waals surface area (Å²) in [6.07, 6.45) is 1.17. The lowest BCUT2D eigenvalue weighted by molar-refractivity contribution is -0.164. The first kappa shape index (κ1) is 22.7. The molecule has 0 aromatic carbocycles. The Bertz CT molecular complexity index is 340. The van der Waals surface area contributed by atoms with Gasteiger partial charge in [0.2, 0.25) is 0 Å². The van der Waals surface area contributed by atoms with E-state index in [1.54, 1.807) is 13.8 Å². The Balaban J connectivity index is -0.000000244. The lowest BCUT2D eigenvalue weighted by atomic mass is 10.4. The summed E-state index contributed by atoms with van der Waals surface area (Å²) in [7, 11) is 1.47. The number of aliphatic carboxylic acids is 2. The highest BCUT2D eigenvalue weighted by Gasteiger charge is 2.07. The van der Waals surface area contributed by atoms with Gasteiger partial charge in [0, 0.05) is 24.8 Å². The van der Waals surface area contributed by atoms with E-state index in [1.807, 2.05) is 0 Å². The normalized spacial score (nSPS) is 9.35. The van der Waals surface area contributed by atoms with Gasteiger partial charge in [-0.3, -0.25) is 0 Å². The van der Waals surface area contributed by atoms with E-state index < -0.39 is 24.2 Å². The fourth-order valence-electron chi connectivity index (χ4n) is 0.299. The summed E-state index contributed by atoms with van der Waals surface area (Å²) in [6, 6.07) is 0. The van der Waals surface area contributed by atoms with Crippen molar-refractivity contribution in [3.63, 3.8) is 0 Å². The number of methoxy groups -OCH3 is 1. The van der Waals surface area contributed by atoms with Crippen molar-refractivity contribution < 1.29 is 34.1 Å². The molecule has 2 N–H and O–H groups in total. The fraction of sp³-hybridized carbons (Fsp3) is 0.308. The van der Waals surface area contributed by atoms with E-state index in [0.29, 0.717) is 5.57 Å². The number of carboxylic acids is 2. The molecule has 0 amide bonds. The highest BCUT2D eigenvalue weighted by Crippen LogP contribution is 1.97. The Morgan fingerprint density at radius 2 is 1.40 bits per heavy atom. The predicted octanol–water partition coefficient (Wildman–Crippen LogP) is 1.61. The molecule has 0 rings (SSSR count). The van der Waals surface area contributed by atoms with Crippen molar-refractivity contribution in [1.29, 1.82) is 0 Å². The Hall–Kier alpha value is -2.41. The quantitative estimate of drug-likeness (QED) is 0.449. The van der Waals surface area contributed by atoms with E-state index in [9.17, 15) is 14.4 Å². The molecule has 0 aliphatic rings. The second kappa shape index (κ2) is 14.7. The van der Waals surface area contributed by atoms with Crippen LogP contribution in [0.3, 0.4) is 0 Å². The topological polar surface area (TPSA) is 110 Å². The molecule has 7 heteroatoms. The van der Waals surface area contributed by atoms with Crippen LogP contribution in [0.15, 0.2) is 37.5 Å². The molecular formula is C13H20O7. The van der Waals surface area contributed by atoms with E-state index in [1.165, 1.54) is 7.11 Å². The molecule has 1 unspecified atom stereocenters. The molecule has 114 valence electrons. The maximum atomic E-state index is 10.7. The van der Waals surface area contributed by atoms with Gasteiger partial charge in [0.05, 0.1) is 0 Å². The third kappa shape index (κ3) is 24.7. The average molecular weight is 288 g/mol. The second-order valence-electron chi connectivity index (χ2n) is 3.07. The third-order valence-corrected chi connectivity index (χ3v) is 1.30. The first-order valence-electron chi connectivity index (χ1n) is 5.22. The molecule has 0 bridgehead atoms. The number of ether oxygens (including phenoxy) is 2. The molecule has 1 atom stereocenters. The minimum atomic E-state index is -0.981. The number of carboxylic acid groups (broad SMARTS) is 2. The number of esters is 1. The Morgan fingerprint density at radius 1 is 1.10 bits per heavy atom. The molecule has 0 saturated carbocycles. The molecule has 0 radical (unpaired) electrons. The fourth-order valence-corrected chi connectivity index (χ4v) is 0.299. The van der Waals surface area contributed by atoms with Crippen LogP contribution in [0.4, 0.5) is 0 Å². The molecule has 0 aliphatic heterocycles. The summed E-state index contributed by atoms with van der Waals surface area (Å²) in [6.45, 7) is 12.6. The van der Waals surface area contributed by atoms with Crippen molar-refractivity contribution in [3.05, 3.63) is 37.5 Å². The van der Waals surface area contributed by atoms with Crippen LogP contribution < -0.4 is 0 Å². The van der Waals surface area contributed by atoms with Crippen molar-refractivity contribution in [2.45, 2.75) is 20.1 Å². The highest BCUT2D eigenvalue weighted by atomic mass is 16.7. The summed E-state index contributed by atoms with van der Waals surface area (Å²) < 4.78 is 9.39. The van der Waals surface area contributed by atoms with Crippen molar-refractivity contribution in [2.24, 2.45) is 0 Å². The van der Waals surface area contributed by atoms with Crippen molar-refractivity contribution in [3.8, 4) is 0 Å². The van der Waals surface area contributed by atoms with Gasteiger partial charge in [-0.05, 0) is 13.8 Å². The zero-order chi connectivity index (χ0) is 16.7. The highest BCUT2D eigenvalue weighted by molar-refractivity contribution is 5.86. The van der Waals surface area contributed by atoms with E-state index in [0.717, 1.165) is 12.2 Å². The van der Waals surface area contributed by atoms with Gasteiger partial charge in [-0.1, -0.05) is 19.7 Å². The first-order chi connectivity index (χ1) is 9.11. The standard InChI is InChI=1S/C7H12O3.2C3H4O2/c1-5(2)7(8)10-6(3)9-4;2*1-2-3(4)5/h6H,1H2,2-4H3;2*2H,1H2,(H,4,5). The molecule has 0 fully saturated rings. The van der Waals surface area contributed by atoms with Gasteiger partial charge in [0.25, 0.3) is 0 Å². The molecule has 20 heavy (non-hydrogen) atoms. The van der Waals surface area contributed by atoms with Crippen molar-refractivity contribution in [1.82, 2.24) is 0 Å². The summed E-state index contributed by atoms with van der Waals surface area (Å²) >= 11 is 0. The predicted molar refractivity (Wildman–Crippen MR) is 73.0 cm³/mol. The van der Waals surface area contributed by atoms with Crippen LogP contribution in [0.2, 0.25) is 0 Å². The van der Waals surface area contributed by atoms with E-state index in [-0.39, 0.29) is 0 Å². The zero-order valence-corrected chi connectivity index (χ0v) is 11.8. The van der Waals surface area contributed by atoms with Crippen LogP contribution in [-0.4, -0.2) is 41.5 Å². The van der Waals surface area contributed by atoms with Gasteiger partial charge in [0.1, 0.15) is 0 Å². The van der Waals surface area contributed by atoms with E-state index in [2.05, 4.69) is 24.5 Å². The summed E-state index contributed by atoms with van der Waals surface area (Å²) in [5, 5.41) is 15.2. The Morgan fingerprint density at radius 3 is 1.55 bits per heavy atom. The minimum absolute atomic E-state index is 0.379. The largest absolute Gasteiger partial charge is 0.478 e. The number of carbonyl (C=O) groups is 3. The third-order valence-electron chi connectivity index (χ3n) is 1.30. The van der Waals surface area contributed by atoms with Crippen LogP contribution in [0.1, 0.15) is 13.8 Å². The lowest BCUT2D eigenvalue weighted by Gasteiger charge is -2.09.